The highest BCUT2D eigenvalue weighted by atomic mass is 16.6. The summed E-state index contributed by atoms with van der Waals surface area (Å²) in [4.78, 5) is 28.6. The maximum absolute atomic E-state index is 12.6. The number of aryl methyl sites for hydroxylation is 1. The molecule has 3 aromatic rings. The highest BCUT2D eigenvalue weighted by molar-refractivity contribution is 5.94. The van der Waals surface area contributed by atoms with Gasteiger partial charge in [-0.1, -0.05) is 17.3 Å². The van der Waals surface area contributed by atoms with Gasteiger partial charge >= 0.3 is 0 Å². The molecule has 1 amide bonds. The van der Waals surface area contributed by atoms with Gasteiger partial charge in [-0.05, 0) is 36.8 Å². The molecule has 132 valence electrons. The van der Waals surface area contributed by atoms with Gasteiger partial charge in [0.15, 0.2) is 5.82 Å². The van der Waals surface area contributed by atoms with Crippen molar-refractivity contribution in [2.75, 3.05) is 7.05 Å². The molecule has 3 rings (SSSR count). The predicted octanol–water partition coefficient (Wildman–Crippen LogP) is 3.23. The molecule has 1 heterocycles. The molecule has 0 N–H and O–H groups in total. The van der Waals surface area contributed by atoms with Gasteiger partial charge in [0.05, 0.1) is 4.92 Å². The van der Waals surface area contributed by atoms with Gasteiger partial charge in [-0.3, -0.25) is 14.9 Å². The van der Waals surface area contributed by atoms with Crippen LogP contribution in [0, 0.1) is 17.0 Å². The minimum absolute atomic E-state index is 0.00236. The number of carbonyl (C=O) groups excluding carboxylic acids is 1. The molecular weight excluding hydrogens is 336 g/mol. The quantitative estimate of drug-likeness (QED) is 0.516. The van der Waals surface area contributed by atoms with Crippen LogP contribution >= 0.6 is 0 Å². The molecule has 0 atom stereocenters. The van der Waals surface area contributed by atoms with E-state index in [1.54, 1.807) is 50.4 Å². The Bertz CT molecular complexity index is 950. The summed E-state index contributed by atoms with van der Waals surface area (Å²) in [5, 5.41) is 14.6. The molecule has 8 nitrogen and oxygen atoms in total. The smallest absolute Gasteiger partial charge is 0.269 e. The van der Waals surface area contributed by atoms with Crippen LogP contribution in [-0.2, 0) is 6.54 Å². The summed E-state index contributed by atoms with van der Waals surface area (Å²) < 4.78 is 5.10. The molecule has 26 heavy (non-hydrogen) atoms. The van der Waals surface area contributed by atoms with Gasteiger partial charge in [-0.2, -0.15) is 4.98 Å². The molecule has 0 saturated heterocycles. The zero-order chi connectivity index (χ0) is 18.7. The Morgan fingerprint density at radius 2 is 1.96 bits per heavy atom. The second-order valence-corrected chi connectivity index (χ2v) is 5.81. The molecule has 0 aliphatic carbocycles. The van der Waals surface area contributed by atoms with Crippen molar-refractivity contribution in [1.29, 1.82) is 0 Å². The molecule has 0 aliphatic heterocycles. The van der Waals surface area contributed by atoms with E-state index in [0.29, 0.717) is 22.8 Å². The summed E-state index contributed by atoms with van der Waals surface area (Å²) in [6.07, 6.45) is 0. The van der Waals surface area contributed by atoms with Crippen LogP contribution in [0.3, 0.4) is 0 Å². The molecular formula is C18H16N4O4. The Balaban J connectivity index is 1.72. The number of non-ortho nitro benzene ring substituents is 1. The number of aromatic nitrogens is 2. The van der Waals surface area contributed by atoms with Crippen LogP contribution in [0.2, 0.25) is 0 Å². The average Bonchev–Trinajstić information content (AvgIpc) is 3.08. The Morgan fingerprint density at radius 3 is 2.58 bits per heavy atom. The standard InChI is InChI=1S/C18H16N4O4/c1-12-19-17(26-20-12)14-6-8-15(9-7-14)18(23)21(2)11-13-4-3-5-16(10-13)22(24)25/h3-10H,11H2,1-2H3. The van der Waals surface area contributed by atoms with Gasteiger partial charge in [0.2, 0.25) is 0 Å². The van der Waals surface area contributed by atoms with Crippen LogP contribution in [0.25, 0.3) is 11.5 Å². The lowest BCUT2D eigenvalue weighted by Crippen LogP contribution is -2.26. The Morgan fingerprint density at radius 1 is 1.23 bits per heavy atom. The number of rotatable bonds is 5. The number of benzene rings is 2. The third-order valence-electron chi connectivity index (χ3n) is 3.79. The van der Waals surface area contributed by atoms with Gasteiger partial charge in [-0.25, -0.2) is 0 Å². The minimum atomic E-state index is -0.455. The molecule has 2 aromatic carbocycles. The lowest BCUT2D eigenvalue weighted by atomic mass is 10.1. The van der Waals surface area contributed by atoms with E-state index in [4.69, 9.17) is 4.52 Å². The van der Waals surface area contributed by atoms with Crippen LogP contribution in [0.1, 0.15) is 21.7 Å². The van der Waals surface area contributed by atoms with E-state index in [1.807, 2.05) is 0 Å². The van der Waals surface area contributed by atoms with Gasteiger partial charge in [0, 0.05) is 36.9 Å². The molecule has 0 unspecified atom stereocenters. The third kappa shape index (κ3) is 3.75. The van der Waals surface area contributed by atoms with Crippen LogP contribution in [0.15, 0.2) is 53.1 Å². The molecule has 1 aromatic heterocycles. The Kier molecular flexibility index (Phi) is 4.74. The number of nitro groups is 1. The first-order valence-corrected chi connectivity index (χ1v) is 7.83. The second-order valence-electron chi connectivity index (χ2n) is 5.81. The van der Waals surface area contributed by atoms with Crippen molar-refractivity contribution in [3.05, 3.63) is 75.6 Å². The van der Waals surface area contributed by atoms with Crippen molar-refractivity contribution >= 4 is 11.6 Å². The van der Waals surface area contributed by atoms with E-state index >= 15 is 0 Å². The molecule has 0 aliphatic rings. The monoisotopic (exact) mass is 352 g/mol. The molecule has 0 saturated carbocycles. The minimum Gasteiger partial charge on any atom is -0.337 e. The Labute approximate surface area is 149 Å². The SMILES string of the molecule is Cc1noc(-c2ccc(C(=O)N(C)Cc3cccc([N+](=O)[O-])c3)cc2)n1. The number of hydrogen-bond donors (Lipinski definition) is 0. The van der Waals surface area contributed by atoms with Gasteiger partial charge < -0.3 is 9.42 Å². The van der Waals surface area contributed by atoms with E-state index in [9.17, 15) is 14.9 Å². The maximum Gasteiger partial charge on any atom is 0.269 e. The molecule has 0 fully saturated rings. The fourth-order valence-corrected chi connectivity index (χ4v) is 2.50. The van der Waals surface area contributed by atoms with Gasteiger partial charge in [0.25, 0.3) is 17.5 Å². The van der Waals surface area contributed by atoms with Gasteiger partial charge in [0.1, 0.15) is 0 Å². The highest BCUT2D eigenvalue weighted by Crippen LogP contribution is 2.19. The van der Waals surface area contributed by atoms with Crippen LogP contribution in [-0.4, -0.2) is 32.9 Å². The lowest BCUT2D eigenvalue weighted by Gasteiger charge is -2.17. The van der Waals surface area contributed by atoms with Crippen molar-refractivity contribution in [3.63, 3.8) is 0 Å². The highest BCUT2D eigenvalue weighted by Gasteiger charge is 2.15. The number of hydrogen-bond acceptors (Lipinski definition) is 6. The zero-order valence-corrected chi connectivity index (χ0v) is 14.2. The number of amides is 1. The third-order valence-corrected chi connectivity index (χ3v) is 3.79. The van der Waals surface area contributed by atoms with Crippen LogP contribution in [0.4, 0.5) is 5.69 Å². The van der Waals surface area contributed by atoms with E-state index in [2.05, 4.69) is 10.1 Å². The normalized spacial score (nSPS) is 10.5. The van der Waals surface area contributed by atoms with Crippen molar-refractivity contribution in [3.8, 4) is 11.5 Å². The lowest BCUT2D eigenvalue weighted by molar-refractivity contribution is -0.384. The number of nitrogens with zero attached hydrogens (tertiary/aromatic N) is 4. The van der Waals surface area contributed by atoms with Crippen molar-refractivity contribution in [1.82, 2.24) is 15.0 Å². The van der Waals surface area contributed by atoms with Crippen LogP contribution in [0.5, 0.6) is 0 Å². The molecule has 0 bridgehead atoms. The fourth-order valence-electron chi connectivity index (χ4n) is 2.50. The fraction of sp³-hybridized carbons (Fsp3) is 0.167. The summed E-state index contributed by atoms with van der Waals surface area (Å²) >= 11 is 0. The summed E-state index contributed by atoms with van der Waals surface area (Å²) in [7, 11) is 1.65. The predicted molar refractivity (Wildman–Crippen MR) is 93.4 cm³/mol. The summed E-state index contributed by atoms with van der Waals surface area (Å²) in [6, 6.07) is 13.1. The zero-order valence-electron chi connectivity index (χ0n) is 14.2. The summed E-state index contributed by atoms with van der Waals surface area (Å²) in [6.45, 7) is 2.00. The Hall–Kier alpha value is -3.55. The van der Waals surface area contributed by atoms with Crippen molar-refractivity contribution in [2.24, 2.45) is 0 Å². The van der Waals surface area contributed by atoms with E-state index < -0.39 is 4.92 Å². The van der Waals surface area contributed by atoms with Crippen molar-refractivity contribution in [2.45, 2.75) is 13.5 Å². The summed E-state index contributed by atoms with van der Waals surface area (Å²) in [5.41, 5.74) is 1.91. The molecule has 0 spiro atoms. The first-order chi connectivity index (χ1) is 12.4. The second kappa shape index (κ2) is 7.14. The maximum atomic E-state index is 12.6. The average molecular weight is 352 g/mol. The van der Waals surface area contributed by atoms with Crippen LogP contribution < -0.4 is 0 Å². The topological polar surface area (TPSA) is 102 Å². The van der Waals surface area contributed by atoms with Gasteiger partial charge in [-0.15, -0.1) is 0 Å². The first kappa shape index (κ1) is 17.3. The van der Waals surface area contributed by atoms with Crippen molar-refractivity contribution < 1.29 is 14.2 Å². The first-order valence-electron chi connectivity index (χ1n) is 7.83. The number of nitro benzene ring substituents is 1. The number of carbonyl (C=O) groups is 1. The molecule has 8 heteroatoms. The summed E-state index contributed by atoms with van der Waals surface area (Å²) in [5.74, 6) is 0.744. The molecule has 0 radical (unpaired) electrons. The van der Waals surface area contributed by atoms with E-state index in [1.165, 1.54) is 17.0 Å². The van der Waals surface area contributed by atoms with E-state index in [-0.39, 0.29) is 18.1 Å². The largest absolute Gasteiger partial charge is 0.337 e. The van der Waals surface area contributed by atoms with E-state index in [0.717, 1.165) is 5.56 Å².